The standard InChI is InChI=1S/C31H32O8/c1-18(2)38-25-13-12-22-19(3)23(14-20-10-8-7-9-11-20)31(33)39-28(22)24(25)17-37-30(32)21-15-26(34-4)29(36-6)27(16-21)35-5/h7-13,15-16,18H,14,17H2,1-6H3. The molecule has 1 aromatic heterocycles. The highest BCUT2D eigenvalue weighted by Gasteiger charge is 2.22. The predicted molar refractivity (Wildman–Crippen MR) is 147 cm³/mol. The molecule has 0 spiro atoms. The molecule has 0 radical (unpaired) electrons. The van der Waals surface area contributed by atoms with Crippen LogP contribution >= 0.6 is 0 Å². The Hall–Kier alpha value is -4.46. The molecular formula is C31H32O8. The number of carbonyl (C=O) groups excluding carboxylic acids is 1. The highest BCUT2D eigenvalue weighted by molar-refractivity contribution is 5.92. The summed E-state index contributed by atoms with van der Waals surface area (Å²) in [5, 5.41) is 0.746. The van der Waals surface area contributed by atoms with Gasteiger partial charge in [0.05, 0.1) is 38.6 Å². The van der Waals surface area contributed by atoms with E-state index in [0.29, 0.717) is 46.1 Å². The number of fused-ring (bicyclic) bond motifs is 1. The number of hydrogen-bond acceptors (Lipinski definition) is 8. The van der Waals surface area contributed by atoms with Gasteiger partial charge in [0.25, 0.3) is 0 Å². The highest BCUT2D eigenvalue weighted by Crippen LogP contribution is 2.39. The van der Waals surface area contributed by atoms with E-state index in [4.69, 9.17) is 28.1 Å². The zero-order chi connectivity index (χ0) is 28.1. The van der Waals surface area contributed by atoms with Crippen molar-refractivity contribution in [1.82, 2.24) is 0 Å². The third-order valence-corrected chi connectivity index (χ3v) is 6.35. The van der Waals surface area contributed by atoms with E-state index in [1.807, 2.05) is 63.2 Å². The van der Waals surface area contributed by atoms with Crippen molar-refractivity contribution in [3.05, 3.63) is 92.8 Å². The maximum absolute atomic E-state index is 13.2. The lowest BCUT2D eigenvalue weighted by Crippen LogP contribution is -2.14. The molecule has 0 aliphatic heterocycles. The molecule has 4 rings (SSSR count). The second kappa shape index (κ2) is 11.9. The summed E-state index contributed by atoms with van der Waals surface area (Å²) in [6.07, 6.45) is 0.290. The Morgan fingerprint density at radius 1 is 0.872 bits per heavy atom. The number of ether oxygens (including phenoxy) is 5. The maximum atomic E-state index is 13.2. The average molecular weight is 533 g/mol. The number of methoxy groups -OCH3 is 3. The molecular weight excluding hydrogens is 500 g/mol. The molecule has 0 unspecified atom stereocenters. The van der Waals surface area contributed by atoms with Gasteiger partial charge < -0.3 is 28.1 Å². The average Bonchev–Trinajstić information content (AvgIpc) is 2.93. The lowest BCUT2D eigenvalue weighted by Gasteiger charge is -2.18. The molecule has 1 heterocycles. The summed E-state index contributed by atoms with van der Waals surface area (Å²) in [7, 11) is 4.42. The molecule has 8 heteroatoms. The zero-order valence-electron chi connectivity index (χ0n) is 23.0. The maximum Gasteiger partial charge on any atom is 0.340 e. The monoisotopic (exact) mass is 532 g/mol. The lowest BCUT2D eigenvalue weighted by molar-refractivity contribution is 0.0468. The van der Waals surface area contributed by atoms with E-state index in [1.54, 1.807) is 0 Å². The molecule has 0 saturated heterocycles. The van der Waals surface area contributed by atoms with Crippen LogP contribution in [0.3, 0.4) is 0 Å². The van der Waals surface area contributed by atoms with Gasteiger partial charge in [-0.2, -0.15) is 0 Å². The molecule has 4 aromatic rings. The van der Waals surface area contributed by atoms with Crippen molar-refractivity contribution in [3.63, 3.8) is 0 Å². The van der Waals surface area contributed by atoms with Crippen LogP contribution in [0.1, 0.15) is 46.5 Å². The Balaban J connectivity index is 1.73. The van der Waals surface area contributed by atoms with Gasteiger partial charge in [-0.25, -0.2) is 9.59 Å². The molecule has 3 aromatic carbocycles. The number of rotatable bonds is 10. The van der Waals surface area contributed by atoms with Gasteiger partial charge >= 0.3 is 11.6 Å². The van der Waals surface area contributed by atoms with E-state index < -0.39 is 11.6 Å². The molecule has 0 fully saturated rings. The second-order valence-electron chi connectivity index (χ2n) is 9.23. The summed E-state index contributed by atoms with van der Waals surface area (Å²) in [6, 6.07) is 16.4. The summed E-state index contributed by atoms with van der Waals surface area (Å²) in [5.41, 5.74) is 2.94. The predicted octanol–water partition coefficient (Wildman–Crippen LogP) is 5.86. The molecule has 0 bridgehead atoms. The van der Waals surface area contributed by atoms with Crippen LogP contribution in [-0.4, -0.2) is 33.4 Å². The van der Waals surface area contributed by atoms with Crippen molar-refractivity contribution < 1.29 is 32.9 Å². The van der Waals surface area contributed by atoms with Crippen LogP contribution in [0, 0.1) is 6.92 Å². The van der Waals surface area contributed by atoms with Gasteiger partial charge in [0, 0.05) is 17.4 Å². The quantitative estimate of drug-likeness (QED) is 0.185. The fourth-order valence-corrected chi connectivity index (χ4v) is 4.42. The van der Waals surface area contributed by atoms with Gasteiger partial charge in [0.2, 0.25) is 5.75 Å². The molecule has 8 nitrogen and oxygen atoms in total. The van der Waals surface area contributed by atoms with Crippen molar-refractivity contribution in [1.29, 1.82) is 0 Å². The second-order valence-corrected chi connectivity index (χ2v) is 9.23. The molecule has 0 aliphatic carbocycles. The minimum absolute atomic E-state index is 0.155. The normalized spacial score (nSPS) is 10.9. The van der Waals surface area contributed by atoms with Crippen LogP contribution in [0.4, 0.5) is 0 Å². The first-order valence-corrected chi connectivity index (χ1v) is 12.5. The van der Waals surface area contributed by atoms with E-state index in [1.165, 1.54) is 33.5 Å². The van der Waals surface area contributed by atoms with Crippen molar-refractivity contribution in [3.8, 4) is 23.0 Å². The molecule has 39 heavy (non-hydrogen) atoms. The van der Waals surface area contributed by atoms with E-state index in [-0.39, 0.29) is 18.3 Å². The first-order chi connectivity index (χ1) is 18.8. The highest BCUT2D eigenvalue weighted by atomic mass is 16.5. The number of aryl methyl sites for hydroxylation is 1. The van der Waals surface area contributed by atoms with Crippen molar-refractivity contribution in [2.75, 3.05) is 21.3 Å². The summed E-state index contributed by atoms with van der Waals surface area (Å²) >= 11 is 0. The fraction of sp³-hybridized carbons (Fsp3) is 0.290. The third kappa shape index (κ3) is 5.85. The SMILES string of the molecule is COc1cc(C(=O)OCc2c(OC(C)C)ccc3c(C)c(Cc4ccccc4)c(=O)oc23)cc(OC)c1OC. The topological polar surface area (TPSA) is 93.4 Å². The summed E-state index contributed by atoms with van der Waals surface area (Å²) in [5.74, 6) is 0.854. The number of carbonyl (C=O) groups is 1. The van der Waals surface area contributed by atoms with Crippen LogP contribution in [-0.2, 0) is 17.8 Å². The summed E-state index contributed by atoms with van der Waals surface area (Å²) in [4.78, 5) is 26.3. The lowest BCUT2D eigenvalue weighted by atomic mass is 9.98. The minimum Gasteiger partial charge on any atom is -0.493 e. The molecule has 0 amide bonds. The van der Waals surface area contributed by atoms with Crippen molar-refractivity contribution >= 4 is 16.9 Å². The number of benzene rings is 3. The number of hydrogen-bond donors (Lipinski definition) is 0. The van der Waals surface area contributed by atoms with Crippen LogP contribution in [0.2, 0.25) is 0 Å². The van der Waals surface area contributed by atoms with E-state index >= 15 is 0 Å². The molecule has 0 atom stereocenters. The fourth-order valence-electron chi connectivity index (χ4n) is 4.42. The van der Waals surface area contributed by atoms with Gasteiger partial charge in [-0.3, -0.25) is 0 Å². The van der Waals surface area contributed by atoms with Gasteiger partial charge in [-0.15, -0.1) is 0 Å². The van der Waals surface area contributed by atoms with E-state index in [0.717, 1.165) is 16.5 Å². The van der Waals surface area contributed by atoms with Gasteiger partial charge in [-0.1, -0.05) is 30.3 Å². The Bertz CT molecular complexity index is 1510. The van der Waals surface area contributed by atoms with Crippen molar-refractivity contribution in [2.45, 2.75) is 39.9 Å². The third-order valence-electron chi connectivity index (χ3n) is 6.35. The molecule has 0 saturated carbocycles. The van der Waals surface area contributed by atoms with Gasteiger partial charge in [0.15, 0.2) is 11.5 Å². The Labute approximate surface area is 227 Å². The Morgan fingerprint density at radius 3 is 2.13 bits per heavy atom. The van der Waals surface area contributed by atoms with Crippen molar-refractivity contribution in [2.24, 2.45) is 0 Å². The minimum atomic E-state index is -0.624. The zero-order valence-corrected chi connectivity index (χ0v) is 23.0. The smallest absolute Gasteiger partial charge is 0.340 e. The number of esters is 1. The summed E-state index contributed by atoms with van der Waals surface area (Å²) in [6.45, 7) is 5.49. The first-order valence-electron chi connectivity index (χ1n) is 12.5. The first kappa shape index (κ1) is 27.6. The largest absolute Gasteiger partial charge is 0.493 e. The molecule has 0 aliphatic rings. The van der Waals surface area contributed by atoms with E-state index in [9.17, 15) is 9.59 Å². The van der Waals surface area contributed by atoms with Gasteiger partial charge in [0.1, 0.15) is 17.9 Å². The Kier molecular flexibility index (Phi) is 8.44. The van der Waals surface area contributed by atoms with Crippen LogP contribution in [0.5, 0.6) is 23.0 Å². The van der Waals surface area contributed by atoms with Crippen LogP contribution in [0.25, 0.3) is 11.0 Å². The van der Waals surface area contributed by atoms with Crippen LogP contribution in [0.15, 0.2) is 63.8 Å². The molecule has 204 valence electrons. The van der Waals surface area contributed by atoms with Gasteiger partial charge in [-0.05, 0) is 56.2 Å². The Morgan fingerprint density at radius 2 is 1.54 bits per heavy atom. The van der Waals surface area contributed by atoms with Crippen LogP contribution < -0.4 is 24.6 Å². The summed E-state index contributed by atoms with van der Waals surface area (Å²) < 4.78 is 33.6. The molecule has 0 N–H and O–H groups in total. The van der Waals surface area contributed by atoms with E-state index in [2.05, 4.69) is 0 Å².